The molecule has 1 aromatic heterocycles. The predicted molar refractivity (Wildman–Crippen MR) is 91.6 cm³/mol. The Kier molecular flexibility index (Phi) is 5.85. The third-order valence-electron chi connectivity index (χ3n) is 2.61. The second-order valence-electron chi connectivity index (χ2n) is 4.46. The predicted octanol–water partition coefficient (Wildman–Crippen LogP) is 4.95. The summed E-state index contributed by atoms with van der Waals surface area (Å²) in [6, 6.07) is 5.28. The molecule has 21 heavy (non-hydrogen) atoms. The number of hydrogen-bond donors (Lipinski definition) is 2. The third kappa shape index (κ3) is 4.88. The molecule has 0 aliphatic rings. The Hall–Kier alpha value is -1.30. The number of aromatic nitrogens is 2. The molecule has 112 valence electrons. The van der Waals surface area contributed by atoms with Crippen molar-refractivity contribution in [3.05, 3.63) is 39.8 Å². The van der Waals surface area contributed by atoms with Gasteiger partial charge in [0.15, 0.2) is 5.82 Å². The molecule has 0 saturated heterocycles. The summed E-state index contributed by atoms with van der Waals surface area (Å²) in [5.41, 5.74) is 1.80. The molecule has 2 rings (SSSR count). The second kappa shape index (κ2) is 7.64. The maximum Gasteiger partial charge on any atom is 0.207 e. The molecule has 1 aromatic carbocycles. The molecule has 7 heteroatoms. The number of rotatable bonds is 6. The van der Waals surface area contributed by atoms with Gasteiger partial charge < -0.3 is 10.6 Å². The molecule has 0 amide bonds. The van der Waals surface area contributed by atoms with Gasteiger partial charge in [-0.25, -0.2) is 0 Å². The van der Waals surface area contributed by atoms with Gasteiger partial charge >= 0.3 is 0 Å². The largest absolute Gasteiger partial charge is 0.388 e. The van der Waals surface area contributed by atoms with E-state index in [0.29, 0.717) is 21.0 Å². The Bertz CT molecular complexity index is 640. The van der Waals surface area contributed by atoms with Gasteiger partial charge in [-0.15, -0.1) is 0 Å². The lowest BCUT2D eigenvalue weighted by atomic mass is 10.3. The van der Waals surface area contributed by atoms with Crippen molar-refractivity contribution in [3.63, 3.8) is 0 Å². The van der Waals surface area contributed by atoms with Gasteiger partial charge in [0.05, 0.1) is 10.7 Å². The van der Waals surface area contributed by atoms with E-state index in [2.05, 4.69) is 26.9 Å². The Morgan fingerprint density at radius 1 is 1.38 bits per heavy atom. The van der Waals surface area contributed by atoms with Crippen LogP contribution in [-0.4, -0.2) is 15.9 Å². The first-order valence-electron chi connectivity index (χ1n) is 6.56. The quantitative estimate of drug-likeness (QED) is 0.779. The molecule has 0 fully saturated rings. The zero-order valence-electron chi connectivity index (χ0n) is 11.8. The van der Waals surface area contributed by atoms with Gasteiger partial charge in [0.1, 0.15) is 0 Å². The van der Waals surface area contributed by atoms with E-state index in [1.165, 1.54) is 11.5 Å². The number of halogens is 2. The van der Waals surface area contributed by atoms with E-state index in [-0.39, 0.29) is 0 Å². The van der Waals surface area contributed by atoms with Gasteiger partial charge in [-0.1, -0.05) is 30.1 Å². The summed E-state index contributed by atoms with van der Waals surface area (Å²) in [4.78, 5) is 4.41. The molecule has 0 aliphatic carbocycles. The fraction of sp³-hybridized carbons (Fsp3) is 0.286. The van der Waals surface area contributed by atoms with Crippen LogP contribution in [0, 0.1) is 0 Å². The van der Waals surface area contributed by atoms with E-state index < -0.39 is 0 Å². The minimum absolute atomic E-state index is 0.551. The lowest BCUT2D eigenvalue weighted by Crippen LogP contribution is -2.11. The van der Waals surface area contributed by atoms with Crippen molar-refractivity contribution in [3.8, 4) is 0 Å². The average molecular weight is 343 g/mol. The number of allylic oxidation sites excluding steroid dienone is 1. The first-order chi connectivity index (χ1) is 10.1. The molecule has 0 unspecified atom stereocenters. The van der Waals surface area contributed by atoms with Gasteiger partial charge in [0, 0.05) is 34.9 Å². The summed E-state index contributed by atoms with van der Waals surface area (Å²) in [7, 11) is 0. The zero-order chi connectivity index (χ0) is 15.2. The molecule has 0 spiro atoms. The molecule has 2 N–H and O–H groups in total. The smallest absolute Gasteiger partial charge is 0.207 e. The highest BCUT2D eigenvalue weighted by Gasteiger charge is 2.06. The Labute approximate surface area is 138 Å². The molecule has 0 saturated carbocycles. The van der Waals surface area contributed by atoms with Crippen LogP contribution in [0.4, 0.5) is 10.8 Å². The minimum atomic E-state index is 0.551. The van der Waals surface area contributed by atoms with Crippen LogP contribution in [0.3, 0.4) is 0 Å². The van der Waals surface area contributed by atoms with Gasteiger partial charge in [0.2, 0.25) is 5.13 Å². The minimum Gasteiger partial charge on any atom is -0.388 e. The fourth-order valence-corrected chi connectivity index (χ4v) is 2.64. The SMILES string of the molecule is CCCN/C(C)=C/c1nsc(Nc2ccc(Cl)cc2Cl)n1. The molecular formula is C14H16Cl2N4S. The molecule has 2 aromatic rings. The Morgan fingerprint density at radius 2 is 2.19 bits per heavy atom. The van der Waals surface area contributed by atoms with E-state index in [1.807, 2.05) is 19.1 Å². The summed E-state index contributed by atoms with van der Waals surface area (Å²) < 4.78 is 4.29. The van der Waals surface area contributed by atoms with Gasteiger partial charge in [-0.05, 0) is 31.5 Å². The number of anilines is 2. The van der Waals surface area contributed by atoms with E-state index >= 15 is 0 Å². The monoisotopic (exact) mass is 342 g/mol. The number of benzene rings is 1. The first-order valence-corrected chi connectivity index (χ1v) is 8.09. The summed E-state index contributed by atoms with van der Waals surface area (Å²) in [6.07, 6.45) is 3.00. The highest BCUT2D eigenvalue weighted by Crippen LogP contribution is 2.28. The Morgan fingerprint density at radius 3 is 2.90 bits per heavy atom. The molecule has 0 atom stereocenters. The number of nitrogens with one attached hydrogen (secondary N) is 2. The molecular weight excluding hydrogens is 327 g/mol. The van der Waals surface area contributed by atoms with Crippen molar-refractivity contribution in [1.82, 2.24) is 14.7 Å². The van der Waals surface area contributed by atoms with Crippen molar-refractivity contribution in [2.75, 3.05) is 11.9 Å². The van der Waals surface area contributed by atoms with Crippen LogP contribution >= 0.6 is 34.7 Å². The number of hydrogen-bond acceptors (Lipinski definition) is 5. The summed E-state index contributed by atoms with van der Waals surface area (Å²) in [6.45, 7) is 5.07. The summed E-state index contributed by atoms with van der Waals surface area (Å²) >= 11 is 13.3. The topological polar surface area (TPSA) is 49.8 Å². The van der Waals surface area contributed by atoms with Gasteiger partial charge in [0.25, 0.3) is 0 Å². The van der Waals surface area contributed by atoms with Crippen LogP contribution in [-0.2, 0) is 0 Å². The van der Waals surface area contributed by atoms with Crippen LogP contribution in [0.25, 0.3) is 6.08 Å². The van der Waals surface area contributed by atoms with Crippen molar-refractivity contribution in [1.29, 1.82) is 0 Å². The standard InChI is InChI=1S/C14H16Cl2N4S/c1-3-6-17-9(2)7-13-19-14(21-20-13)18-12-5-4-10(15)8-11(12)16/h4-5,7-8,17H,3,6H2,1-2H3,(H,18,19,20)/b9-7+. The summed E-state index contributed by atoms with van der Waals surface area (Å²) in [5.74, 6) is 0.675. The van der Waals surface area contributed by atoms with E-state index in [0.717, 1.165) is 24.4 Å². The lowest BCUT2D eigenvalue weighted by Gasteiger charge is -2.04. The molecule has 4 nitrogen and oxygen atoms in total. The van der Waals surface area contributed by atoms with Crippen LogP contribution in [0.5, 0.6) is 0 Å². The zero-order valence-corrected chi connectivity index (χ0v) is 14.1. The average Bonchev–Trinajstić information content (AvgIpc) is 2.87. The summed E-state index contributed by atoms with van der Waals surface area (Å²) in [5, 5.41) is 8.27. The van der Waals surface area contributed by atoms with Gasteiger partial charge in [-0.3, -0.25) is 0 Å². The number of nitrogens with zero attached hydrogens (tertiary/aromatic N) is 2. The maximum atomic E-state index is 6.12. The maximum absolute atomic E-state index is 6.12. The van der Waals surface area contributed by atoms with Gasteiger partial charge in [-0.2, -0.15) is 9.36 Å². The Balaban J connectivity index is 2.06. The van der Waals surface area contributed by atoms with Crippen LogP contribution < -0.4 is 10.6 Å². The first kappa shape index (κ1) is 16.1. The highest BCUT2D eigenvalue weighted by molar-refractivity contribution is 7.09. The molecule has 0 radical (unpaired) electrons. The van der Waals surface area contributed by atoms with E-state index in [4.69, 9.17) is 23.2 Å². The van der Waals surface area contributed by atoms with Crippen LogP contribution in [0.15, 0.2) is 23.9 Å². The molecule has 1 heterocycles. The van der Waals surface area contributed by atoms with E-state index in [1.54, 1.807) is 12.1 Å². The lowest BCUT2D eigenvalue weighted by molar-refractivity contribution is 0.773. The molecule has 0 aliphatic heterocycles. The second-order valence-corrected chi connectivity index (χ2v) is 6.06. The fourth-order valence-electron chi connectivity index (χ4n) is 1.62. The normalized spacial score (nSPS) is 11.5. The van der Waals surface area contributed by atoms with Crippen molar-refractivity contribution in [2.45, 2.75) is 20.3 Å². The van der Waals surface area contributed by atoms with E-state index in [9.17, 15) is 0 Å². The van der Waals surface area contributed by atoms with Crippen molar-refractivity contribution in [2.24, 2.45) is 0 Å². The third-order valence-corrected chi connectivity index (χ3v) is 3.81. The molecule has 0 bridgehead atoms. The van der Waals surface area contributed by atoms with Crippen molar-refractivity contribution >= 4 is 51.6 Å². The van der Waals surface area contributed by atoms with Crippen molar-refractivity contribution < 1.29 is 0 Å². The highest BCUT2D eigenvalue weighted by atomic mass is 35.5. The van der Waals surface area contributed by atoms with Crippen LogP contribution in [0.1, 0.15) is 26.1 Å². The van der Waals surface area contributed by atoms with Crippen LogP contribution in [0.2, 0.25) is 10.0 Å².